The van der Waals surface area contributed by atoms with E-state index in [1.807, 2.05) is 39.5 Å². The number of piperazine rings is 1. The molecule has 1 saturated heterocycles. The second-order valence-electron chi connectivity index (χ2n) is 6.58. The first kappa shape index (κ1) is 16.2. The zero-order valence-electron chi connectivity index (χ0n) is 12.6. The Labute approximate surface area is 121 Å². The summed E-state index contributed by atoms with van der Waals surface area (Å²) >= 11 is 5.11. The molecule has 1 heterocycles. The fraction of sp³-hybridized carbons (Fsp3) is 0.846. The Morgan fingerprint density at radius 3 is 1.95 bits per heavy atom. The van der Waals surface area contributed by atoms with E-state index in [4.69, 9.17) is 18.0 Å². The van der Waals surface area contributed by atoms with Crippen LogP contribution >= 0.6 is 12.2 Å². The summed E-state index contributed by atoms with van der Waals surface area (Å²) in [7, 11) is 0. The molecule has 0 bridgehead atoms. The van der Waals surface area contributed by atoms with Gasteiger partial charge < -0.3 is 16.0 Å². The van der Waals surface area contributed by atoms with Crippen LogP contribution < -0.4 is 11.1 Å². The van der Waals surface area contributed by atoms with Gasteiger partial charge in [-0.25, -0.2) is 4.79 Å². The predicted octanol–water partition coefficient (Wildman–Crippen LogP) is 1.18. The van der Waals surface area contributed by atoms with E-state index in [0.717, 1.165) is 13.1 Å². The van der Waals surface area contributed by atoms with Crippen LogP contribution in [-0.2, 0) is 0 Å². The highest BCUT2D eigenvalue weighted by Gasteiger charge is 2.33. The Kier molecular flexibility index (Phi) is 4.79. The summed E-state index contributed by atoms with van der Waals surface area (Å²) < 4.78 is 0. The van der Waals surface area contributed by atoms with Crippen LogP contribution in [0.15, 0.2) is 0 Å². The predicted molar refractivity (Wildman–Crippen MR) is 82.3 cm³/mol. The standard InChI is InChI=1S/C13H26N4OS/c1-12(2,3)15-11(18)16-6-8-17(9-7-16)13(4,5)10(14)19/h6-9H2,1-5H3,(H2,14,19)(H,15,18). The Bertz CT molecular complexity index is 354. The quantitative estimate of drug-likeness (QED) is 0.748. The molecule has 2 amide bonds. The average molecular weight is 286 g/mol. The maximum atomic E-state index is 12.0. The molecule has 110 valence electrons. The molecule has 0 aromatic heterocycles. The van der Waals surface area contributed by atoms with Gasteiger partial charge in [-0.3, -0.25) is 4.90 Å². The van der Waals surface area contributed by atoms with Crippen LogP contribution in [0.3, 0.4) is 0 Å². The van der Waals surface area contributed by atoms with Crippen LogP contribution in [0.4, 0.5) is 4.79 Å². The number of nitrogens with zero attached hydrogens (tertiary/aromatic N) is 2. The van der Waals surface area contributed by atoms with Crippen molar-refractivity contribution in [2.24, 2.45) is 5.73 Å². The van der Waals surface area contributed by atoms with Gasteiger partial charge in [-0.15, -0.1) is 0 Å². The van der Waals surface area contributed by atoms with Gasteiger partial charge in [0.1, 0.15) is 0 Å². The minimum absolute atomic E-state index is 0.000260. The highest BCUT2D eigenvalue weighted by molar-refractivity contribution is 7.80. The SMILES string of the molecule is CC(C)(C)NC(=O)N1CCN(C(C)(C)C(N)=S)CC1. The highest BCUT2D eigenvalue weighted by atomic mass is 32.1. The molecule has 0 saturated carbocycles. The molecule has 5 nitrogen and oxygen atoms in total. The molecule has 0 radical (unpaired) electrons. The monoisotopic (exact) mass is 286 g/mol. The van der Waals surface area contributed by atoms with Gasteiger partial charge in [-0.05, 0) is 34.6 Å². The van der Waals surface area contributed by atoms with Gasteiger partial charge in [0.2, 0.25) is 0 Å². The molecule has 1 fully saturated rings. The third-order valence-corrected chi connectivity index (χ3v) is 3.94. The van der Waals surface area contributed by atoms with Gasteiger partial charge in [0.25, 0.3) is 0 Å². The Morgan fingerprint density at radius 2 is 1.58 bits per heavy atom. The van der Waals surface area contributed by atoms with Gasteiger partial charge >= 0.3 is 6.03 Å². The molecule has 3 N–H and O–H groups in total. The van der Waals surface area contributed by atoms with Crippen LogP contribution in [0.25, 0.3) is 0 Å². The van der Waals surface area contributed by atoms with E-state index < -0.39 is 0 Å². The lowest BCUT2D eigenvalue weighted by molar-refractivity contribution is 0.0959. The number of urea groups is 1. The summed E-state index contributed by atoms with van der Waals surface area (Å²) in [6.07, 6.45) is 0. The van der Waals surface area contributed by atoms with Crippen LogP contribution in [0, 0.1) is 0 Å². The molecule has 0 aromatic carbocycles. The normalized spacial score (nSPS) is 18.3. The van der Waals surface area contributed by atoms with Gasteiger partial charge in [0, 0.05) is 31.7 Å². The second-order valence-corrected chi connectivity index (χ2v) is 7.02. The van der Waals surface area contributed by atoms with Crippen LogP contribution in [0.5, 0.6) is 0 Å². The van der Waals surface area contributed by atoms with Crippen molar-refractivity contribution >= 4 is 23.2 Å². The molecule has 0 spiro atoms. The van der Waals surface area contributed by atoms with Crippen molar-refractivity contribution in [3.05, 3.63) is 0 Å². The average Bonchev–Trinajstić information content (AvgIpc) is 2.26. The Balaban J connectivity index is 2.54. The molecule has 6 heteroatoms. The van der Waals surface area contributed by atoms with Gasteiger partial charge in [-0.1, -0.05) is 12.2 Å². The van der Waals surface area contributed by atoms with E-state index in [1.165, 1.54) is 0 Å². The number of thiocarbonyl (C=S) groups is 1. The molecule has 0 aromatic rings. The van der Waals surface area contributed by atoms with Crippen molar-refractivity contribution in [1.82, 2.24) is 15.1 Å². The summed E-state index contributed by atoms with van der Waals surface area (Å²) in [5.74, 6) is 0. The number of rotatable bonds is 2. The van der Waals surface area contributed by atoms with E-state index in [9.17, 15) is 4.79 Å². The van der Waals surface area contributed by atoms with E-state index in [2.05, 4.69) is 10.2 Å². The van der Waals surface area contributed by atoms with Gasteiger partial charge in [0.15, 0.2) is 0 Å². The number of hydrogen-bond donors (Lipinski definition) is 2. The maximum Gasteiger partial charge on any atom is 0.317 e. The number of nitrogens with one attached hydrogen (secondary N) is 1. The Hall–Kier alpha value is -0.880. The van der Waals surface area contributed by atoms with Crippen molar-refractivity contribution in [1.29, 1.82) is 0 Å². The van der Waals surface area contributed by atoms with Crippen molar-refractivity contribution in [2.75, 3.05) is 26.2 Å². The molecule has 1 aliphatic rings. The van der Waals surface area contributed by atoms with Crippen molar-refractivity contribution in [3.63, 3.8) is 0 Å². The molecule has 1 aliphatic heterocycles. The van der Waals surface area contributed by atoms with E-state index in [-0.39, 0.29) is 17.1 Å². The number of amides is 2. The maximum absolute atomic E-state index is 12.0. The largest absolute Gasteiger partial charge is 0.392 e. The van der Waals surface area contributed by atoms with Crippen LogP contribution in [-0.4, -0.2) is 58.1 Å². The molecule has 0 unspecified atom stereocenters. The summed E-state index contributed by atoms with van der Waals surface area (Å²) in [5, 5.41) is 2.98. The van der Waals surface area contributed by atoms with Crippen LogP contribution in [0.2, 0.25) is 0 Å². The molecule has 0 aliphatic carbocycles. The molecule has 1 rings (SSSR count). The lowest BCUT2D eigenvalue weighted by Gasteiger charge is -2.43. The number of carbonyl (C=O) groups excluding carboxylic acids is 1. The van der Waals surface area contributed by atoms with Crippen molar-refractivity contribution < 1.29 is 4.79 Å². The topological polar surface area (TPSA) is 61.6 Å². The first-order valence-corrected chi connectivity index (χ1v) is 7.07. The van der Waals surface area contributed by atoms with Crippen LogP contribution in [0.1, 0.15) is 34.6 Å². The van der Waals surface area contributed by atoms with E-state index in [1.54, 1.807) is 0 Å². The van der Waals surface area contributed by atoms with E-state index in [0.29, 0.717) is 18.1 Å². The molecular weight excluding hydrogens is 260 g/mol. The molecular formula is C13H26N4OS. The number of carbonyl (C=O) groups is 1. The molecule has 0 atom stereocenters. The summed E-state index contributed by atoms with van der Waals surface area (Å²) in [4.78, 5) is 16.6. The zero-order valence-corrected chi connectivity index (χ0v) is 13.4. The number of hydrogen-bond acceptors (Lipinski definition) is 3. The highest BCUT2D eigenvalue weighted by Crippen LogP contribution is 2.17. The van der Waals surface area contributed by atoms with Gasteiger partial charge in [0.05, 0.1) is 10.5 Å². The Morgan fingerprint density at radius 1 is 1.11 bits per heavy atom. The fourth-order valence-electron chi connectivity index (χ4n) is 2.02. The lowest BCUT2D eigenvalue weighted by atomic mass is 10.0. The zero-order chi connectivity index (χ0) is 14.8. The third kappa shape index (κ3) is 4.31. The minimum Gasteiger partial charge on any atom is -0.392 e. The first-order valence-electron chi connectivity index (χ1n) is 6.66. The fourth-order valence-corrected chi connectivity index (χ4v) is 2.15. The smallest absolute Gasteiger partial charge is 0.317 e. The minimum atomic E-state index is -0.290. The van der Waals surface area contributed by atoms with Gasteiger partial charge in [-0.2, -0.15) is 0 Å². The van der Waals surface area contributed by atoms with Crippen molar-refractivity contribution in [2.45, 2.75) is 45.7 Å². The third-order valence-electron chi connectivity index (χ3n) is 3.44. The first-order chi connectivity index (χ1) is 8.54. The van der Waals surface area contributed by atoms with E-state index >= 15 is 0 Å². The number of nitrogens with two attached hydrogens (primary N) is 1. The molecule has 19 heavy (non-hydrogen) atoms. The lowest BCUT2D eigenvalue weighted by Crippen LogP contribution is -2.61. The summed E-state index contributed by atoms with van der Waals surface area (Å²) in [6.45, 7) is 13.0. The second kappa shape index (κ2) is 5.63. The summed E-state index contributed by atoms with van der Waals surface area (Å²) in [5.41, 5.74) is 5.28. The summed E-state index contributed by atoms with van der Waals surface area (Å²) in [6, 6.07) is 0.000260. The van der Waals surface area contributed by atoms with Crippen molar-refractivity contribution in [3.8, 4) is 0 Å².